The highest BCUT2D eigenvalue weighted by molar-refractivity contribution is 5.69. The molecule has 70 valence electrons. The van der Waals surface area contributed by atoms with Gasteiger partial charge in [-0.3, -0.25) is 0 Å². The van der Waals surface area contributed by atoms with Crippen molar-refractivity contribution in [2.75, 3.05) is 11.9 Å². The smallest absolute Gasteiger partial charge is 0.0416 e. The highest BCUT2D eigenvalue weighted by atomic mass is 14.9. The monoisotopic (exact) mass is 175 g/mol. The summed E-state index contributed by atoms with van der Waals surface area (Å²) in [7, 11) is 0. The predicted molar refractivity (Wildman–Crippen MR) is 60.1 cm³/mol. The van der Waals surface area contributed by atoms with Crippen molar-refractivity contribution in [3.05, 3.63) is 35.4 Å². The normalized spacial score (nSPS) is 10.7. The van der Waals surface area contributed by atoms with Gasteiger partial charge in [-0.1, -0.05) is 24.3 Å². The third kappa shape index (κ3) is 2.35. The van der Waals surface area contributed by atoms with Crippen molar-refractivity contribution < 1.29 is 0 Å². The molecule has 1 heteroatoms. The Hall–Kier alpha value is -1.24. The van der Waals surface area contributed by atoms with Crippen LogP contribution in [0, 0.1) is 6.92 Å². The number of allylic oxidation sites excluding steroid dienone is 1. The first kappa shape index (κ1) is 9.85. The summed E-state index contributed by atoms with van der Waals surface area (Å²) in [6, 6.07) is 6.34. The maximum Gasteiger partial charge on any atom is 0.0416 e. The van der Waals surface area contributed by atoms with E-state index in [9.17, 15) is 0 Å². The van der Waals surface area contributed by atoms with Crippen molar-refractivity contribution in [2.45, 2.75) is 20.8 Å². The molecule has 0 saturated heterocycles. The molecule has 0 amide bonds. The van der Waals surface area contributed by atoms with Gasteiger partial charge in [0.05, 0.1) is 0 Å². The number of aryl methyl sites for hydroxylation is 1. The lowest BCUT2D eigenvalue weighted by Crippen LogP contribution is -1.99. The Bertz CT molecular complexity index is 300. The Balaban J connectivity index is 3.09. The van der Waals surface area contributed by atoms with Crippen LogP contribution < -0.4 is 5.32 Å². The van der Waals surface area contributed by atoms with Gasteiger partial charge in [0, 0.05) is 17.8 Å². The topological polar surface area (TPSA) is 12.0 Å². The van der Waals surface area contributed by atoms with Crippen LogP contribution >= 0.6 is 0 Å². The predicted octanol–water partition coefficient (Wildman–Crippen LogP) is 3.46. The summed E-state index contributed by atoms with van der Waals surface area (Å²) < 4.78 is 0. The summed E-state index contributed by atoms with van der Waals surface area (Å²) in [5, 5.41) is 3.35. The Morgan fingerprint density at radius 1 is 1.38 bits per heavy atom. The van der Waals surface area contributed by atoms with Gasteiger partial charge in [-0.25, -0.2) is 0 Å². The van der Waals surface area contributed by atoms with Gasteiger partial charge in [-0.2, -0.15) is 0 Å². The summed E-state index contributed by atoms with van der Waals surface area (Å²) >= 11 is 0. The molecule has 0 heterocycles. The van der Waals surface area contributed by atoms with Crippen LogP contribution in [0.3, 0.4) is 0 Å². The molecule has 1 N–H and O–H groups in total. The molecule has 0 aliphatic carbocycles. The van der Waals surface area contributed by atoms with Crippen molar-refractivity contribution in [3.8, 4) is 0 Å². The molecule has 0 aromatic heterocycles. The fourth-order valence-corrected chi connectivity index (χ4v) is 1.41. The first-order valence-electron chi connectivity index (χ1n) is 4.75. The van der Waals surface area contributed by atoms with E-state index in [4.69, 9.17) is 0 Å². The van der Waals surface area contributed by atoms with Crippen molar-refractivity contribution in [2.24, 2.45) is 0 Å². The van der Waals surface area contributed by atoms with Gasteiger partial charge in [-0.15, -0.1) is 0 Å². The van der Waals surface area contributed by atoms with Gasteiger partial charge in [0.15, 0.2) is 0 Å². The molecular formula is C12H17N. The molecule has 0 fully saturated rings. The Labute approximate surface area is 80.5 Å². The first-order valence-corrected chi connectivity index (χ1v) is 4.75. The molecule has 13 heavy (non-hydrogen) atoms. The molecule has 0 aliphatic rings. The Morgan fingerprint density at radius 2 is 2.15 bits per heavy atom. The van der Waals surface area contributed by atoms with Crippen LogP contribution in [0.25, 0.3) is 6.08 Å². The van der Waals surface area contributed by atoms with Gasteiger partial charge in [0.2, 0.25) is 0 Å². The zero-order valence-electron chi connectivity index (χ0n) is 8.59. The van der Waals surface area contributed by atoms with E-state index in [1.54, 1.807) is 0 Å². The van der Waals surface area contributed by atoms with E-state index >= 15 is 0 Å². The number of rotatable bonds is 3. The van der Waals surface area contributed by atoms with Crippen molar-refractivity contribution in [1.82, 2.24) is 0 Å². The number of anilines is 1. The SMILES string of the molecule is C/C=C\c1c(C)cccc1NCC. The minimum absolute atomic E-state index is 0.966. The van der Waals surface area contributed by atoms with Crippen LogP contribution in [0.5, 0.6) is 0 Å². The summed E-state index contributed by atoms with van der Waals surface area (Å²) in [4.78, 5) is 0. The summed E-state index contributed by atoms with van der Waals surface area (Å²) in [6.45, 7) is 7.26. The van der Waals surface area contributed by atoms with Crippen molar-refractivity contribution in [1.29, 1.82) is 0 Å². The fourth-order valence-electron chi connectivity index (χ4n) is 1.41. The van der Waals surface area contributed by atoms with Crippen LogP contribution in [0.1, 0.15) is 25.0 Å². The quantitative estimate of drug-likeness (QED) is 0.741. The van der Waals surface area contributed by atoms with Gasteiger partial charge in [0.25, 0.3) is 0 Å². The average molecular weight is 175 g/mol. The maximum atomic E-state index is 3.35. The van der Waals surface area contributed by atoms with Gasteiger partial charge >= 0.3 is 0 Å². The number of nitrogens with one attached hydrogen (secondary N) is 1. The minimum atomic E-state index is 0.966. The van der Waals surface area contributed by atoms with E-state index in [2.05, 4.69) is 49.5 Å². The summed E-state index contributed by atoms with van der Waals surface area (Å²) in [5.41, 5.74) is 3.84. The second-order valence-corrected chi connectivity index (χ2v) is 3.07. The molecule has 0 atom stereocenters. The van der Waals surface area contributed by atoms with Crippen LogP contribution in [0.15, 0.2) is 24.3 Å². The largest absolute Gasteiger partial charge is 0.385 e. The fraction of sp³-hybridized carbons (Fsp3) is 0.333. The zero-order chi connectivity index (χ0) is 9.68. The van der Waals surface area contributed by atoms with E-state index in [-0.39, 0.29) is 0 Å². The molecule has 0 spiro atoms. The highest BCUT2D eigenvalue weighted by Crippen LogP contribution is 2.20. The lowest BCUT2D eigenvalue weighted by Gasteiger charge is -2.09. The van der Waals surface area contributed by atoms with Gasteiger partial charge in [0.1, 0.15) is 0 Å². The third-order valence-corrected chi connectivity index (χ3v) is 2.02. The third-order valence-electron chi connectivity index (χ3n) is 2.02. The molecule has 1 rings (SSSR count). The van der Waals surface area contributed by atoms with Crippen LogP contribution in [-0.2, 0) is 0 Å². The molecule has 0 radical (unpaired) electrons. The Morgan fingerprint density at radius 3 is 2.77 bits per heavy atom. The van der Waals surface area contributed by atoms with Crippen LogP contribution in [-0.4, -0.2) is 6.54 Å². The molecule has 1 nitrogen and oxygen atoms in total. The van der Waals surface area contributed by atoms with E-state index in [0.29, 0.717) is 0 Å². The molecule has 0 unspecified atom stereocenters. The van der Waals surface area contributed by atoms with Crippen molar-refractivity contribution >= 4 is 11.8 Å². The molecular weight excluding hydrogens is 158 g/mol. The second kappa shape index (κ2) is 4.70. The number of hydrogen-bond donors (Lipinski definition) is 1. The first-order chi connectivity index (χ1) is 6.29. The maximum absolute atomic E-state index is 3.35. The van der Waals surface area contributed by atoms with Crippen LogP contribution in [0.2, 0.25) is 0 Å². The van der Waals surface area contributed by atoms with Gasteiger partial charge in [-0.05, 0) is 32.4 Å². The number of benzene rings is 1. The van der Waals surface area contributed by atoms with Crippen LogP contribution in [0.4, 0.5) is 5.69 Å². The lowest BCUT2D eigenvalue weighted by atomic mass is 10.1. The molecule has 0 saturated carbocycles. The van der Waals surface area contributed by atoms with E-state index in [1.807, 2.05) is 6.92 Å². The van der Waals surface area contributed by atoms with E-state index in [1.165, 1.54) is 16.8 Å². The summed E-state index contributed by atoms with van der Waals surface area (Å²) in [6.07, 6.45) is 4.22. The molecule has 0 bridgehead atoms. The van der Waals surface area contributed by atoms with Gasteiger partial charge < -0.3 is 5.32 Å². The average Bonchev–Trinajstić information content (AvgIpc) is 2.11. The zero-order valence-corrected chi connectivity index (χ0v) is 8.59. The lowest BCUT2D eigenvalue weighted by molar-refractivity contribution is 1.20. The minimum Gasteiger partial charge on any atom is -0.385 e. The second-order valence-electron chi connectivity index (χ2n) is 3.07. The van der Waals surface area contributed by atoms with E-state index < -0.39 is 0 Å². The highest BCUT2D eigenvalue weighted by Gasteiger charge is 1.99. The molecule has 1 aromatic carbocycles. The number of hydrogen-bond acceptors (Lipinski definition) is 1. The standard InChI is InChI=1S/C12H17N/c1-4-7-11-10(3)8-6-9-12(11)13-5-2/h4,6-9,13H,5H2,1-3H3/b7-4-. The Kier molecular flexibility index (Phi) is 3.56. The molecule has 0 aliphatic heterocycles. The van der Waals surface area contributed by atoms with Crippen molar-refractivity contribution in [3.63, 3.8) is 0 Å². The van der Waals surface area contributed by atoms with E-state index in [0.717, 1.165) is 6.54 Å². The summed E-state index contributed by atoms with van der Waals surface area (Å²) in [5.74, 6) is 0. The molecule has 1 aromatic rings.